The maximum absolute atomic E-state index is 11.5. The molecule has 0 bridgehead atoms. The molecule has 0 unspecified atom stereocenters. The molecule has 32 heavy (non-hydrogen) atoms. The maximum Gasteiger partial charge on any atom is 0.239 e. The van der Waals surface area contributed by atoms with Crippen LogP contribution in [0.2, 0.25) is 0 Å². The number of amidine groups is 1. The normalized spacial score (nSPS) is 21.4. The van der Waals surface area contributed by atoms with Gasteiger partial charge in [0.25, 0.3) is 0 Å². The topological polar surface area (TPSA) is 114 Å². The molecular weight excluding hydrogens is 402 g/mol. The van der Waals surface area contributed by atoms with E-state index in [1.165, 1.54) is 11.1 Å². The third-order valence-electron chi connectivity index (χ3n) is 7.42. The molecule has 1 aromatic carbocycles. The SMILES string of the molecule is C.C[C@@H](C(N)=O)N(C)C1=NCc2nc(N3CCC4(CC3)Cc3ccccc3[C@H]4N)cnc21. The number of primary amides is 1. The fourth-order valence-corrected chi connectivity index (χ4v) is 5.23. The first-order valence-corrected chi connectivity index (χ1v) is 10.9. The summed E-state index contributed by atoms with van der Waals surface area (Å²) in [5.74, 6) is 1.17. The predicted molar refractivity (Wildman–Crippen MR) is 126 cm³/mol. The van der Waals surface area contributed by atoms with E-state index in [0.29, 0.717) is 12.4 Å². The van der Waals surface area contributed by atoms with Crippen LogP contribution in [0.3, 0.4) is 0 Å². The van der Waals surface area contributed by atoms with E-state index < -0.39 is 11.9 Å². The number of rotatable bonds is 3. The number of fused-ring (bicyclic) bond motifs is 2. The summed E-state index contributed by atoms with van der Waals surface area (Å²) in [7, 11) is 1.81. The highest BCUT2D eigenvalue weighted by molar-refractivity contribution is 6.01. The zero-order valence-electron chi connectivity index (χ0n) is 18.1. The number of aromatic nitrogens is 2. The number of hydrogen-bond donors (Lipinski definition) is 2. The van der Waals surface area contributed by atoms with Crippen molar-refractivity contribution in [3.8, 4) is 0 Å². The lowest BCUT2D eigenvalue weighted by molar-refractivity contribution is -0.121. The number of likely N-dealkylation sites (N-methyl/N-ethyl adjacent to an activating group) is 1. The van der Waals surface area contributed by atoms with E-state index in [1.54, 1.807) is 11.8 Å². The fraction of sp³-hybridized carbons (Fsp3) is 0.500. The number of anilines is 1. The molecule has 1 fully saturated rings. The molecule has 4 N–H and O–H groups in total. The molecule has 5 rings (SSSR count). The Morgan fingerprint density at radius 1 is 1.28 bits per heavy atom. The average Bonchev–Trinajstić information content (AvgIpc) is 3.32. The number of amides is 1. The van der Waals surface area contributed by atoms with Gasteiger partial charge in [0.05, 0.1) is 18.4 Å². The lowest BCUT2D eigenvalue weighted by atomic mass is 9.73. The van der Waals surface area contributed by atoms with Gasteiger partial charge in [-0.25, -0.2) is 9.97 Å². The zero-order chi connectivity index (χ0) is 21.8. The van der Waals surface area contributed by atoms with Crippen molar-refractivity contribution in [2.75, 3.05) is 25.0 Å². The van der Waals surface area contributed by atoms with Crippen LogP contribution < -0.4 is 16.4 Å². The highest BCUT2D eigenvalue weighted by atomic mass is 16.1. The number of hydrogen-bond acceptors (Lipinski definition) is 7. The van der Waals surface area contributed by atoms with Gasteiger partial charge in [-0.15, -0.1) is 0 Å². The molecule has 2 aliphatic heterocycles. The summed E-state index contributed by atoms with van der Waals surface area (Å²) in [6, 6.07) is 8.25. The number of benzene rings is 1. The Hall–Kier alpha value is -3.00. The van der Waals surface area contributed by atoms with Crippen LogP contribution in [0.25, 0.3) is 0 Å². The number of nitrogens with zero attached hydrogens (tertiary/aromatic N) is 5. The van der Waals surface area contributed by atoms with Gasteiger partial charge in [0.15, 0.2) is 5.84 Å². The predicted octanol–water partition coefficient (Wildman–Crippen LogP) is 2.02. The molecule has 1 aliphatic carbocycles. The quantitative estimate of drug-likeness (QED) is 0.762. The van der Waals surface area contributed by atoms with Gasteiger partial charge in [0.1, 0.15) is 17.6 Å². The Morgan fingerprint density at radius 2 is 2.00 bits per heavy atom. The molecular formula is C24H33N7O. The lowest BCUT2D eigenvalue weighted by Gasteiger charge is -2.42. The Kier molecular flexibility index (Phi) is 5.67. The van der Waals surface area contributed by atoms with Gasteiger partial charge in [-0.1, -0.05) is 31.7 Å². The number of piperidine rings is 1. The molecule has 1 saturated heterocycles. The van der Waals surface area contributed by atoms with Crippen molar-refractivity contribution in [1.29, 1.82) is 0 Å². The van der Waals surface area contributed by atoms with E-state index >= 15 is 0 Å². The molecule has 1 amide bonds. The number of nitrogens with two attached hydrogens (primary N) is 2. The molecule has 2 aromatic rings. The monoisotopic (exact) mass is 435 g/mol. The second-order valence-corrected chi connectivity index (χ2v) is 9.06. The zero-order valence-corrected chi connectivity index (χ0v) is 18.1. The second-order valence-electron chi connectivity index (χ2n) is 9.06. The van der Waals surface area contributed by atoms with Crippen LogP contribution >= 0.6 is 0 Å². The first kappa shape index (κ1) is 22.2. The van der Waals surface area contributed by atoms with Crippen molar-refractivity contribution in [1.82, 2.24) is 14.9 Å². The number of carbonyl (C=O) groups excluding carboxylic acids is 1. The van der Waals surface area contributed by atoms with Gasteiger partial charge in [0, 0.05) is 26.2 Å². The van der Waals surface area contributed by atoms with Gasteiger partial charge in [-0.2, -0.15) is 0 Å². The van der Waals surface area contributed by atoms with Crippen LogP contribution in [0, 0.1) is 5.41 Å². The molecule has 2 atom stereocenters. The van der Waals surface area contributed by atoms with E-state index in [1.807, 2.05) is 13.2 Å². The highest BCUT2D eigenvalue weighted by Crippen LogP contribution is 2.50. The molecule has 0 saturated carbocycles. The molecule has 8 nitrogen and oxygen atoms in total. The average molecular weight is 436 g/mol. The minimum atomic E-state index is -0.454. The van der Waals surface area contributed by atoms with Gasteiger partial charge in [0.2, 0.25) is 5.91 Å². The fourth-order valence-electron chi connectivity index (χ4n) is 5.23. The first-order valence-electron chi connectivity index (χ1n) is 10.9. The maximum atomic E-state index is 11.5. The van der Waals surface area contributed by atoms with E-state index in [9.17, 15) is 4.79 Å². The van der Waals surface area contributed by atoms with E-state index in [4.69, 9.17) is 16.5 Å². The molecule has 170 valence electrons. The molecule has 3 aliphatic rings. The van der Waals surface area contributed by atoms with Crippen LogP contribution in [-0.2, 0) is 17.8 Å². The van der Waals surface area contributed by atoms with Crippen LogP contribution in [0.4, 0.5) is 5.82 Å². The Morgan fingerprint density at radius 3 is 2.69 bits per heavy atom. The van der Waals surface area contributed by atoms with Crippen molar-refractivity contribution in [3.63, 3.8) is 0 Å². The smallest absolute Gasteiger partial charge is 0.239 e. The van der Waals surface area contributed by atoms with Crippen LogP contribution in [0.5, 0.6) is 0 Å². The van der Waals surface area contributed by atoms with Crippen molar-refractivity contribution in [2.24, 2.45) is 21.9 Å². The molecule has 8 heteroatoms. The van der Waals surface area contributed by atoms with Gasteiger partial charge >= 0.3 is 0 Å². The third-order valence-corrected chi connectivity index (χ3v) is 7.42. The Labute approximate surface area is 189 Å². The van der Waals surface area contributed by atoms with Crippen molar-refractivity contribution in [3.05, 3.63) is 53.0 Å². The van der Waals surface area contributed by atoms with Crippen LogP contribution in [0.1, 0.15) is 55.7 Å². The largest absolute Gasteiger partial charge is 0.368 e. The van der Waals surface area contributed by atoms with Crippen LogP contribution in [0.15, 0.2) is 35.5 Å². The lowest BCUT2D eigenvalue weighted by Crippen LogP contribution is -2.45. The minimum absolute atomic E-state index is 0. The summed E-state index contributed by atoms with van der Waals surface area (Å²) >= 11 is 0. The number of carbonyl (C=O) groups is 1. The Balaban J connectivity index is 0.00000245. The van der Waals surface area contributed by atoms with Crippen molar-refractivity contribution >= 4 is 17.6 Å². The standard InChI is InChI=1S/C23H29N7O.CH4/c1-14(21(25)31)29(2)22-19-17(12-27-22)28-18(13-26-19)30-9-7-23(8-10-30)11-15-5-3-4-6-16(15)20(23)24;/h3-6,13-14,20H,7-12,24H2,1-2H3,(H2,25,31);1H4/t14-,20+;/m0./s1. The van der Waals surface area contributed by atoms with Crippen molar-refractivity contribution in [2.45, 2.75) is 52.2 Å². The van der Waals surface area contributed by atoms with Gasteiger partial charge < -0.3 is 21.3 Å². The van der Waals surface area contributed by atoms with Crippen molar-refractivity contribution < 1.29 is 4.79 Å². The molecule has 1 spiro atoms. The van der Waals surface area contributed by atoms with Gasteiger partial charge in [-0.05, 0) is 42.7 Å². The van der Waals surface area contributed by atoms with E-state index in [-0.39, 0.29) is 18.9 Å². The summed E-state index contributed by atoms with van der Waals surface area (Å²) in [6.45, 7) is 4.07. The summed E-state index contributed by atoms with van der Waals surface area (Å²) in [4.78, 5) is 29.7. The summed E-state index contributed by atoms with van der Waals surface area (Å²) in [5, 5.41) is 0. The Bertz CT molecular complexity index is 1060. The highest BCUT2D eigenvalue weighted by Gasteiger charge is 2.46. The molecule has 0 radical (unpaired) electrons. The van der Waals surface area contributed by atoms with E-state index in [2.05, 4.69) is 39.1 Å². The van der Waals surface area contributed by atoms with E-state index in [0.717, 1.165) is 49.6 Å². The molecule has 3 heterocycles. The summed E-state index contributed by atoms with van der Waals surface area (Å²) in [5.41, 5.74) is 16.6. The summed E-state index contributed by atoms with van der Waals surface area (Å²) < 4.78 is 0. The summed E-state index contributed by atoms with van der Waals surface area (Å²) in [6.07, 6.45) is 4.98. The van der Waals surface area contributed by atoms with Gasteiger partial charge in [-0.3, -0.25) is 9.79 Å². The number of aliphatic imine (C=N–C) groups is 1. The first-order chi connectivity index (χ1) is 14.9. The third kappa shape index (κ3) is 3.43. The molecule has 1 aromatic heterocycles. The van der Waals surface area contributed by atoms with Crippen LogP contribution in [-0.4, -0.2) is 52.8 Å². The minimum Gasteiger partial charge on any atom is -0.368 e. The second kappa shape index (κ2) is 8.16.